The summed E-state index contributed by atoms with van der Waals surface area (Å²) in [6.07, 6.45) is 0.512. The van der Waals surface area contributed by atoms with Crippen molar-refractivity contribution < 1.29 is 13.9 Å². The van der Waals surface area contributed by atoms with Crippen LogP contribution in [-0.4, -0.2) is 5.11 Å². The van der Waals surface area contributed by atoms with Gasteiger partial charge in [0, 0.05) is 11.0 Å². The summed E-state index contributed by atoms with van der Waals surface area (Å²) in [5.41, 5.74) is 0.504. The maximum absolute atomic E-state index is 14.0. The van der Waals surface area contributed by atoms with Gasteiger partial charge in [-0.25, -0.2) is 8.78 Å². The molecule has 2 aromatic carbocycles. The van der Waals surface area contributed by atoms with Gasteiger partial charge in [0.1, 0.15) is 11.6 Å². The van der Waals surface area contributed by atoms with E-state index in [0.29, 0.717) is 0 Å². The van der Waals surface area contributed by atoms with Crippen molar-refractivity contribution in [3.05, 3.63) is 69.7 Å². The minimum atomic E-state index is -1.03. The van der Waals surface area contributed by atoms with E-state index in [0.717, 1.165) is 30.5 Å². The first-order chi connectivity index (χ1) is 9.54. The Morgan fingerprint density at radius 2 is 1.70 bits per heavy atom. The van der Waals surface area contributed by atoms with Gasteiger partial charge in [-0.05, 0) is 46.5 Å². The fourth-order valence-electron chi connectivity index (χ4n) is 2.67. The third-order valence-electron chi connectivity index (χ3n) is 3.99. The SMILES string of the molecule is OC(c1cc(F)c(Br)cc1F)C1(c2ccccc2)CC1. The van der Waals surface area contributed by atoms with Crippen molar-refractivity contribution in [2.75, 3.05) is 0 Å². The topological polar surface area (TPSA) is 20.2 Å². The summed E-state index contributed by atoms with van der Waals surface area (Å²) in [5, 5.41) is 10.5. The molecular formula is C16H13BrF2O. The third kappa shape index (κ3) is 2.17. The Balaban J connectivity index is 2.01. The molecule has 1 unspecified atom stereocenters. The molecule has 0 saturated heterocycles. The van der Waals surface area contributed by atoms with Crippen LogP contribution >= 0.6 is 15.9 Å². The summed E-state index contributed by atoms with van der Waals surface area (Å²) in [7, 11) is 0. The lowest BCUT2D eigenvalue weighted by Crippen LogP contribution is -2.19. The molecule has 1 N–H and O–H groups in total. The second-order valence-corrected chi connectivity index (χ2v) is 6.07. The van der Waals surface area contributed by atoms with Gasteiger partial charge < -0.3 is 5.11 Å². The number of hydrogen-bond donors (Lipinski definition) is 1. The first-order valence-corrected chi connectivity index (χ1v) is 7.22. The van der Waals surface area contributed by atoms with Crippen LogP contribution in [0.2, 0.25) is 0 Å². The van der Waals surface area contributed by atoms with Crippen LogP contribution in [0.15, 0.2) is 46.9 Å². The van der Waals surface area contributed by atoms with Crippen molar-refractivity contribution in [3.8, 4) is 0 Å². The number of aliphatic hydroxyl groups excluding tert-OH is 1. The molecule has 1 atom stereocenters. The van der Waals surface area contributed by atoms with Crippen LogP contribution in [0.3, 0.4) is 0 Å². The number of aliphatic hydroxyl groups is 1. The van der Waals surface area contributed by atoms with Gasteiger partial charge in [0.15, 0.2) is 0 Å². The monoisotopic (exact) mass is 338 g/mol. The first-order valence-electron chi connectivity index (χ1n) is 6.42. The van der Waals surface area contributed by atoms with E-state index in [2.05, 4.69) is 15.9 Å². The zero-order valence-corrected chi connectivity index (χ0v) is 12.2. The lowest BCUT2D eigenvalue weighted by atomic mass is 9.86. The molecule has 1 nitrogen and oxygen atoms in total. The van der Waals surface area contributed by atoms with Crippen molar-refractivity contribution in [3.63, 3.8) is 0 Å². The van der Waals surface area contributed by atoms with Gasteiger partial charge in [-0.2, -0.15) is 0 Å². The molecular weight excluding hydrogens is 326 g/mol. The fourth-order valence-corrected chi connectivity index (χ4v) is 2.99. The molecule has 2 aromatic rings. The molecule has 0 bridgehead atoms. The molecule has 0 aliphatic heterocycles. The molecule has 0 radical (unpaired) electrons. The van der Waals surface area contributed by atoms with E-state index in [4.69, 9.17) is 0 Å². The lowest BCUT2D eigenvalue weighted by molar-refractivity contribution is 0.128. The Kier molecular flexibility index (Phi) is 3.38. The molecule has 0 amide bonds. The summed E-state index contributed by atoms with van der Waals surface area (Å²) in [4.78, 5) is 0. The summed E-state index contributed by atoms with van der Waals surface area (Å²) >= 11 is 2.94. The average molecular weight is 339 g/mol. The maximum atomic E-state index is 14.0. The van der Waals surface area contributed by atoms with Gasteiger partial charge in [0.25, 0.3) is 0 Å². The predicted octanol–water partition coefficient (Wildman–Crippen LogP) is 4.49. The molecule has 0 aromatic heterocycles. The van der Waals surface area contributed by atoms with Crippen molar-refractivity contribution in [1.29, 1.82) is 0 Å². The molecule has 3 rings (SSSR count). The van der Waals surface area contributed by atoms with Crippen LogP contribution in [0.25, 0.3) is 0 Å². The van der Waals surface area contributed by atoms with Gasteiger partial charge in [-0.3, -0.25) is 0 Å². The van der Waals surface area contributed by atoms with E-state index in [-0.39, 0.29) is 10.0 Å². The van der Waals surface area contributed by atoms with Crippen LogP contribution in [0.4, 0.5) is 8.78 Å². The van der Waals surface area contributed by atoms with Crippen molar-refractivity contribution in [1.82, 2.24) is 0 Å². The predicted molar refractivity (Wildman–Crippen MR) is 76.4 cm³/mol. The van der Waals surface area contributed by atoms with Crippen LogP contribution in [0.5, 0.6) is 0 Å². The van der Waals surface area contributed by atoms with Gasteiger partial charge >= 0.3 is 0 Å². The van der Waals surface area contributed by atoms with Crippen molar-refractivity contribution in [2.24, 2.45) is 0 Å². The number of halogens is 3. The Morgan fingerprint density at radius 1 is 1.05 bits per heavy atom. The van der Waals surface area contributed by atoms with E-state index >= 15 is 0 Å². The Hall–Kier alpha value is -1.26. The van der Waals surface area contributed by atoms with Crippen LogP contribution < -0.4 is 0 Å². The van der Waals surface area contributed by atoms with Crippen molar-refractivity contribution in [2.45, 2.75) is 24.4 Å². The normalized spacial score (nSPS) is 17.8. The average Bonchev–Trinajstić information content (AvgIpc) is 3.25. The summed E-state index contributed by atoms with van der Waals surface area (Å²) < 4.78 is 27.7. The van der Waals surface area contributed by atoms with Crippen LogP contribution in [0.1, 0.15) is 30.1 Å². The largest absolute Gasteiger partial charge is 0.387 e. The quantitative estimate of drug-likeness (QED) is 0.817. The molecule has 20 heavy (non-hydrogen) atoms. The molecule has 1 aliphatic carbocycles. The molecule has 1 saturated carbocycles. The number of rotatable bonds is 3. The molecule has 4 heteroatoms. The number of hydrogen-bond acceptors (Lipinski definition) is 1. The highest BCUT2D eigenvalue weighted by Crippen LogP contribution is 2.56. The van der Waals surface area contributed by atoms with Gasteiger partial charge in [-0.15, -0.1) is 0 Å². The smallest absolute Gasteiger partial charge is 0.137 e. The lowest BCUT2D eigenvalue weighted by Gasteiger charge is -2.23. The highest BCUT2D eigenvalue weighted by molar-refractivity contribution is 9.10. The minimum absolute atomic E-state index is 0.0204. The van der Waals surface area contributed by atoms with Crippen LogP contribution in [-0.2, 0) is 5.41 Å². The molecule has 1 aliphatic rings. The van der Waals surface area contributed by atoms with E-state index in [1.165, 1.54) is 0 Å². The van der Waals surface area contributed by atoms with E-state index in [1.807, 2.05) is 30.3 Å². The second kappa shape index (κ2) is 4.93. The van der Waals surface area contributed by atoms with E-state index < -0.39 is 23.2 Å². The summed E-state index contributed by atoms with van der Waals surface area (Å²) in [6.45, 7) is 0. The van der Waals surface area contributed by atoms with Gasteiger partial charge in [0.2, 0.25) is 0 Å². The molecule has 0 spiro atoms. The number of benzene rings is 2. The second-order valence-electron chi connectivity index (χ2n) is 5.21. The highest BCUT2D eigenvalue weighted by Gasteiger charge is 2.51. The van der Waals surface area contributed by atoms with Crippen molar-refractivity contribution >= 4 is 15.9 Å². The zero-order valence-electron chi connectivity index (χ0n) is 10.6. The zero-order chi connectivity index (χ0) is 14.3. The van der Waals surface area contributed by atoms with Crippen LogP contribution in [0, 0.1) is 11.6 Å². The molecule has 104 valence electrons. The Morgan fingerprint density at radius 3 is 2.30 bits per heavy atom. The Labute approximate surface area is 124 Å². The Bertz CT molecular complexity index is 638. The first kappa shape index (κ1) is 13.7. The van der Waals surface area contributed by atoms with E-state index in [1.54, 1.807) is 0 Å². The standard InChI is InChI=1S/C16H13BrF2O/c17-12-9-13(18)11(8-14(12)19)15(20)16(6-7-16)10-4-2-1-3-5-10/h1-5,8-9,15,20H,6-7H2. The summed E-state index contributed by atoms with van der Waals surface area (Å²) in [5.74, 6) is -1.16. The highest BCUT2D eigenvalue weighted by atomic mass is 79.9. The molecule has 0 heterocycles. The fraction of sp³-hybridized carbons (Fsp3) is 0.250. The van der Waals surface area contributed by atoms with Gasteiger partial charge in [-0.1, -0.05) is 30.3 Å². The summed E-state index contributed by atoms with van der Waals surface area (Å²) in [6, 6.07) is 11.7. The van der Waals surface area contributed by atoms with E-state index in [9.17, 15) is 13.9 Å². The minimum Gasteiger partial charge on any atom is -0.387 e. The maximum Gasteiger partial charge on any atom is 0.137 e. The third-order valence-corrected chi connectivity index (χ3v) is 4.60. The van der Waals surface area contributed by atoms with Gasteiger partial charge in [0.05, 0.1) is 10.6 Å². The molecule has 1 fully saturated rings.